The number of ketones is 1. The number of non-ortho nitro benzene ring substituents is 1. The Morgan fingerprint density at radius 2 is 1.88 bits per heavy atom. The number of nitro benzene ring substituents is 1. The Bertz CT molecular complexity index is 456. The quantitative estimate of drug-likeness (QED) is 0.452. The smallest absolute Gasteiger partial charge is 0.269 e. The molecule has 0 heterocycles. The number of carbonyl (C=O) groups excluding carboxylic acids is 1. The van der Waals surface area contributed by atoms with Crippen LogP contribution in [0.2, 0.25) is 0 Å². The van der Waals surface area contributed by atoms with E-state index in [1.807, 2.05) is 0 Å². The number of nitro groups is 1. The van der Waals surface area contributed by atoms with Crippen molar-refractivity contribution in [3.8, 4) is 0 Å². The lowest BCUT2D eigenvalue weighted by Gasteiger charge is -1.99. The fourth-order valence-electron chi connectivity index (χ4n) is 1.45. The lowest BCUT2D eigenvalue weighted by molar-refractivity contribution is -0.384. The molecule has 16 heavy (non-hydrogen) atoms. The molecule has 1 aromatic rings. The van der Waals surface area contributed by atoms with Gasteiger partial charge in [-0.15, -0.1) is 0 Å². The Balaban J connectivity index is 2.17. The lowest BCUT2D eigenvalue weighted by atomic mass is 10.1. The third-order valence-electron chi connectivity index (χ3n) is 2.51. The van der Waals surface area contributed by atoms with Crippen LogP contribution in [0.3, 0.4) is 0 Å². The molecule has 1 fully saturated rings. The molecule has 2 rings (SSSR count). The number of hydrogen-bond acceptors (Lipinski definition) is 3. The summed E-state index contributed by atoms with van der Waals surface area (Å²) in [7, 11) is 0. The molecular weight excluding hydrogens is 220 g/mol. The number of hydrogen-bond donors (Lipinski definition) is 0. The van der Waals surface area contributed by atoms with Gasteiger partial charge in [0, 0.05) is 24.1 Å². The number of halogens is 2. The highest BCUT2D eigenvalue weighted by Gasteiger charge is 2.61. The fraction of sp³-hybridized carbons (Fsp3) is 0.300. The van der Waals surface area contributed by atoms with Crippen molar-refractivity contribution >= 4 is 11.5 Å². The second-order valence-electron chi connectivity index (χ2n) is 3.69. The monoisotopic (exact) mass is 227 g/mol. The predicted molar refractivity (Wildman–Crippen MR) is 50.5 cm³/mol. The topological polar surface area (TPSA) is 60.2 Å². The van der Waals surface area contributed by atoms with E-state index in [9.17, 15) is 23.7 Å². The summed E-state index contributed by atoms with van der Waals surface area (Å²) in [5, 5.41) is 10.3. The molecule has 0 saturated heterocycles. The van der Waals surface area contributed by atoms with Gasteiger partial charge in [-0.2, -0.15) is 0 Å². The maximum atomic E-state index is 12.6. The van der Waals surface area contributed by atoms with E-state index in [1.54, 1.807) is 0 Å². The van der Waals surface area contributed by atoms with Gasteiger partial charge in [-0.3, -0.25) is 14.9 Å². The summed E-state index contributed by atoms with van der Waals surface area (Å²) in [4.78, 5) is 21.2. The molecule has 84 valence electrons. The maximum absolute atomic E-state index is 12.6. The zero-order valence-corrected chi connectivity index (χ0v) is 8.02. The van der Waals surface area contributed by atoms with Crippen LogP contribution in [0.4, 0.5) is 14.5 Å². The second-order valence-corrected chi connectivity index (χ2v) is 3.69. The van der Waals surface area contributed by atoms with Gasteiger partial charge in [0.25, 0.3) is 11.6 Å². The molecule has 0 aromatic heterocycles. The van der Waals surface area contributed by atoms with Crippen molar-refractivity contribution in [1.29, 1.82) is 0 Å². The highest BCUT2D eigenvalue weighted by Crippen LogP contribution is 2.50. The van der Waals surface area contributed by atoms with Crippen molar-refractivity contribution in [2.75, 3.05) is 0 Å². The van der Waals surface area contributed by atoms with Crippen molar-refractivity contribution in [3.05, 3.63) is 39.9 Å². The average molecular weight is 227 g/mol. The van der Waals surface area contributed by atoms with Crippen LogP contribution >= 0.6 is 0 Å². The van der Waals surface area contributed by atoms with E-state index in [0.29, 0.717) is 0 Å². The zero-order chi connectivity index (χ0) is 11.9. The highest BCUT2D eigenvalue weighted by atomic mass is 19.3. The highest BCUT2D eigenvalue weighted by molar-refractivity contribution is 6.00. The van der Waals surface area contributed by atoms with Gasteiger partial charge in [0.1, 0.15) is 0 Å². The van der Waals surface area contributed by atoms with Crippen LogP contribution in [0.25, 0.3) is 0 Å². The van der Waals surface area contributed by atoms with Crippen molar-refractivity contribution in [1.82, 2.24) is 0 Å². The van der Waals surface area contributed by atoms with Gasteiger partial charge in [0.05, 0.1) is 10.8 Å². The molecule has 0 radical (unpaired) electrons. The number of Topliss-reactive ketones (excluding diaryl/α,β-unsaturated/α-hetero) is 1. The SMILES string of the molecule is O=C(c1ccc([N+](=O)[O-])cc1)[C@@H]1CC1(F)F. The Kier molecular flexibility index (Phi) is 2.22. The second kappa shape index (κ2) is 3.33. The Morgan fingerprint density at radius 1 is 1.38 bits per heavy atom. The minimum atomic E-state index is -2.90. The standard InChI is InChI=1S/C10H7F2NO3/c11-10(12)5-8(10)9(14)6-1-3-7(4-2-6)13(15)16/h1-4,8H,5H2/t8-/m0/s1. The molecule has 1 aromatic carbocycles. The minimum Gasteiger partial charge on any atom is -0.294 e. The summed E-state index contributed by atoms with van der Waals surface area (Å²) in [6, 6.07) is 4.67. The maximum Gasteiger partial charge on any atom is 0.269 e. The van der Waals surface area contributed by atoms with Crippen LogP contribution in [0.1, 0.15) is 16.8 Å². The minimum absolute atomic E-state index is 0.0905. The number of nitrogens with zero attached hydrogens (tertiary/aromatic N) is 1. The largest absolute Gasteiger partial charge is 0.294 e. The van der Waals surface area contributed by atoms with E-state index in [4.69, 9.17) is 0 Å². The summed E-state index contributed by atoms with van der Waals surface area (Å²) in [5.41, 5.74) is -0.0770. The first kappa shape index (κ1) is 10.7. The molecule has 4 nitrogen and oxygen atoms in total. The molecule has 1 saturated carbocycles. The van der Waals surface area contributed by atoms with Crippen molar-refractivity contribution < 1.29 is 18.5 Å². The van der Waals surface area contributed by atoms with Crippen LogP contribution in [0.5, 0.6) is 0 Å². The third kappa shape index (κ3) is 1.78. The molecule has 0 amide bonds. The fourth-order valence-corrected chi connectivity index (χ4v) is 1.45. The van der Waals surface area contributed by atoms with Crippen molar-refractivity contribution in [2.45, 2.75) is 12.3 Å². The van der Waals surface area contributed by atoms with Crippen LogP contribution in [-0.2, 0) is 0 Å². The number of alkyl halides is 2. The van der Waals surface area contributed by atoms with E-state index in [2.05, 4.69) is 0 Å². The molecule has 1 aliphatic carbocycles. The Morgan fingerprint density at radius 3 is 2.25 bits per heavy atom. The predicted octanol–water partition coefficient (Wildman–Crippen LogP) is 2.43. The summed E-state index contributed by atoms with van der Waals surface area (Å²) < 4.78 is 25.2. The van der Waals surface area contributed by atoms with Crippen molar-refractivity contribution in [2.24, 2.45) is 5.92 Å². The molecule has 1 aliphatic rings. The first-order valence-electron chi connectivity index (χ1n) is 4.58. The van der Waals surface area contributed by atoms with E-state index in [-0.39, 0.29) is 11.3 Å². The van der Waals surface area contributed by atoms with Gasteiger partial charge in [0.15, 0.2) is 5.78 Å². The molecule has 0 bridgehead atoms. The van der Waals surface area contributed by atoms with Gasteiger partial charge in [0.2, 0.25) is 0 Å². The first-order valence-corrected chi connectivity index (χ1v) is 4.58. The molecule has 6 heteroatoms. The summed E-state index contributed by atoms with van der Waals surface area (Å²) in [6.45, 7) is 0. The number of carbonyl (C=O) groups is 1. The van der Waals surface area contributed by atoms with Crippen molar-refractivity contribution in [3.63, 3.8) is 0 Å². The van der Waals surface area contributed by atoms with Gasteiger partial charge in [-0.25, -0.2) is 8.78 Å². The average Bonchev–Trinajstić information content (AvgIpc) is 2.87. The molecule has 0 aliphatic heterocycles. The summed E-state index contributed by atoms with van der Waals surface area (Å²) >= 11 is 0. The molecular formula is C10H7F2NO3. The molecule has 1 atom stereocenters. The Labute approximate surface area is 89.0 Å². The zero-order valence-electron chi connectivity index (χ0n) is 8.02. The number of rotatable bonds is 3. The van der Waals surface area contributed by atoms with Crippen LogP contribution in [0.15, 0.2) is 24.3 Å². The van der Waals surface area contributed by atoms with Crippen LogP contribution in [-0.4, -0.2) is 16.6 Å². The van der Waals surface area contributed by atoms with Crippen LogP contribution in [0, 0.1) is 16.0 Å². The van der Waals surface area contributed by atoms with Gasteiger partial charge in [-0.1, -0.05) is 0 Å². The third-order valence-corrected chi connectivity index (χ3v) is 2.51. The van der Waals surface area contributed by atoms with E-state index >= 15 is 0 Å². The number of benzene rings is 1. The van der Waals surface area contributed by atoms with E-state index in [1.165, 1.54) is 12.1 Å². The van der Waals surface area contributed by atoms with Gasteiger partial charge in [-0.05, 0) is 12.1 Å². The van der Waals surface area contributed by atoms with Gasteiger partial charge < -0.3 is 0 Å². The first-order chi connectivity index (χ1) is 7.42. The van der Waals surface area contributed by atoms with Gasteiger partial charge >= 0.3 is 0 Å². The summed E-state index contributed by atoms with van der Waals surface area (Å²) in [6.07, 6.45) is -0.428. The lowest BCUT2D eigenvalue weighted by Crippen LogP contribution is -2.07. The normalized spacial score (nSPS) is 21.5. The van der Waals surface area contributed by atoms with E-state index in [0.717, 1.165) is 12.1 Å². The van der Waals surface area contributed by atoms with Crippen LogP contribution < -0.4 is 0 Å². The molecule has 0 spiro atoms. The summed E-state index contributed by atoms with van der Waals surface area (Å²) in [5.74, 6) is -4.81. The Hall–Kier alpha value is -1.85. The molecule has 0 N–H and O–H groups in total. The van der Waals surface area contributed by atoms with E-state index < -0.39 is 29.0 Å². The molecule has 0 unspecified atom stereocenters.